The minimum atomic E-state index is -0.797. The lowest BCUT2D eigenvalue weighted by Gasteiger charge is -2.11. The lowest BCUT2D eigenvalue weighted by molar-refractivity contribution is -0.145. The van der Waals surface area contributed by atoms with Crippen LogP contribution in [-0.2, 0) is 25.5 Å². The first-order chi connectivity index (χ1) is 14.9. The van der Waals surface area contributed by atoms with Gasteiger partial charge in [-0.15, -0.1) is 0 Å². The van der Waals surface area contributed by atoms with Crippen molar-refractivity contribution in [2.45, 2.75) is 13.3 Å². The van der Waals surface area contributed by atoms with Crippen molar-refractivity contribution in [1.82, 2.24) is 10.6 Å². The number of amides is 2. The van der Waals surface area contributed by atoms with Gasteiger partial charge in [0.15, 0.2) is 18.1 Å². The van der Waals surface area contributed by atoms with E-state index in [0.29, 0.717) is 30.0 Å². The van der Waals surface area contributed by atoms with Crippen molar-refractivity contribution in [3.8, 4) is 11.5 Å². The van der Waals surface area contributed by atoms with Crippen LogP contribution in [0, 0.1) is 0 Å². The predicted molar refractivity (Wildman–Crippen MR) is 115 cm³/mol. The number of hydrogen-bond donors (Lipinski definition) is 2. The molecule has 0 radical (unpaired) electrons. The summed E-state index contributed by atoms with van der Waals surface area (Å²) in [5.41, 5.74) is 1.62. The molecule has 2 N–H and O–H groups in total. The van der Waals surface area contributed by atoms with Gasteiger partial charge >= 0.3 is 5.97 Å². The largest absolute Gasteiger partial charge is 0.493 e. The van der Waals surface area contributed by atoms with Crippen molar-refractivity contribution in [1.29, 1.82) is 0 Å². The Balaban J connectivity index is 1.85. The topological polar surface area (TPSA) is 103 Å². The molecule has 0 saturated carbocycles. The van der Waals surface area contributed by atoms with Crippen LogP contribution in [0.2, 0.25) is 0 Å². The van der Waals surface area contributed by atoms with Gasteiger partial charge in [-0.25, -0.2) is 4.79 Å². The highest BCUT2D eigenvalue weighted by atomic mass is 16.5. The zero-order chi connectivity index (χ0) is 22.6. The van der Waals surface area contributed by atoms with Crippen molar-refractivity contribution in [3.05, 3.63) is 65.4 Å². The normalized spacial score (nSPS) is 10.7. The van der Waals surface area contributed by atoms with E-state index in [1.165, 1.54) is 13.0 Å². The van der Waals surface area contributed by atoms with Crippen LogP contribution in [0.15, 0.2) is 54.2 Å². The minimum Gasteiger partial charge on any atom is -0.493 e. The SMILES string of the molecule is COc1ccc(CCNC(=O)COC(=O)/C(=C/c2ccccc2)NC(C)=O)cc1OC. The molecule has 0 fully saturated rings. The first kappa shape index (κ1) is 23.5. The first-order valence-electron chi connectivity index (χ1n) is 9.62. The fourth-order valence-corrected chi connectivity index (χ4v) is 2.69. The molecule has 2 aromatic rings. The Kier molecular flexibility index (Phi) is 9.10. The quantitative estimate of drug-likeness (QED) is 0.445. The van der Waals surface area contributed by atoms with Gasteiger partial charge in [0.05, 0.1) is 14.2 Å². The highest BCUT2D eigenvalue weighted by molar-refractivity contribution is 5.98. The van der Waals surface area contributed by atoms with Crippen LogP contribution < -0.4 is 20.1 Å². The van der Waals surface area contributed by atoms with E-state index >= 15 is 0 Å². The molecular weight excluding hydrogens is 400 g/mol. The Morgan fingerprint density at radius 2 is 1.68 bits per heavy atom. The van der Waals surface area contributed by atoms with E-state index in [1.807, 2.05) is 18.2 Å². The Labute approximate surface area is 181 Å². The molecule has 0 atom stereocenters. The second-order valence-corrected chi connectivity index (χ2v) is 6.52. The molecule has 2 rings (SSSR count). The number of benzene rings is 2. The second-order valence-electron chi connectivity index (χ2n) is 6.52. The van der Waals surface area contributed by atoms with E-state index in [1.54, 1.807) is 44.6 Å². The van der Waals surface area contributed by atoms with Crippen molar-refractivity contribution < 1.29 is 28.6 Å². The van der Waals surface area contributed by atoms with Crippen LogP contribution in [0.4, 0.5) is 0 Å². The van der Waals surface area contributed by atoms with Crippen molar-refractivity contribution in [3.63, 3.8) is 0 Å². The molecular formula is C23H26N2O6. The summed E-state index contributed by atoms with van der Waals surface area (Å²) in [5.74, 6) is -0.431. The van der Waals surface area contributed by atoms with Gasteiger partial charge < -0.3 is 24.8 Å². The van der Waals surface area contributed by atoms with Gasteiger partial charge in [-0.2, -0.15) is 0 Å². The zero-order valence-electron chi connectivity index (χ0n) is 17.8. The number of carbonyl (C=O) groups excluding carboxylic acids is 3. The third-order valence-electron chi connectivity index (χ3n) is 4.16. The zero-order valence-corrected chi connectivity index (χ0v) is 17.8. The van der Waals surface area contributed by atoms with Crippen molar-refractivity contribution >= 4 is 23.9 Å². The summed E-state index contributed by atoms with van der Waals surface area (Å²) in [7, 11) is 3.12. The molecule has 0 bridgehead atoms. The number of rotatable bonds is 10. The van der Waals surface area contributed by atoms with Crippen molar-refractivity contribution in [2.24, 2.45) is 0 Å². The Hall–Kier alpha value is -3.81. The summed E-state index contributed by atoms with van der Waals surface area (Å²) in [6.07, 6.45) is 2.05. The molecule has 0 heterocycles. The van der Waals surface area contributed by atoms with Gasteiger partial charge in [0.1, 0.15) is 5.70 Å². The van der Waals surface area contributed by atoms with Gasteiger partial charge in [0.2, 0.25) is 5.91 Å². The van der Waals surface area contributed by atoms with Gasteiger partial charge in [0.25, 0.3) is 5.91 Å². The van der Waals surface area contributed by atoms with E-state index in [0.717, 1.165) is 5.56 Å². The monoisotopic (exact) mass is 426 g/mol. The Morgan fingerprint density at radius 3 is 2.32 bits per heavy atom. The molecule has 2 amide bonds. The van der Waals surface area contributed by atoms with Gasteiger partial charge in [-0.3, -0.25) is 9.59 Å². The van der Waals surface area contributed by atoms with Crippen LogP contribution >= 0.6 is 0 Å². The molecule has 8 heteroatoms. The van der Waals surface area contributed by atoms with E-state index in [9.17, 15) is 14.4 Å². The highest BCUT2D eigenvalue weighted by Gasteiger charge is 2.15. The average Bonchev–Trinajstić information content (AvgIpc) is 2.77. The van der Waals surface area contributed by atoms with Crippen LogP contribution in [0.1, 0.15) is 18.1 Å². The third-order valence-corrected chi connectivity index (χ3v) is 4.16. The molecule has 0 aromatic heterocycles. The number of esters is 1. The van der Waals surface area contributed by atoms with Crippen LogP contribution in [-0.4, -0.2) is 45.2 Å². The summed E-state index contributed by atoms with van der Waals surface area (Å²) in [6.45, 7) is 1.17. The average molecular weight is 426 g/mol. The van der Waals surface area contributed by atoms with E-state index in [-0.39, 0.29) is 5.70 Å². The maximum atomic E-state index is 12.3. The summed E-state index contributed by atoms with van der Waals surface area (Å²) in [4.78, 5) is 35.7. The van der Waals surface area contributed by atoms with E-state index in [4.69, 9.17) is 14.2 Å². The van der Waals surface area contributed by atoms with Crippen molar-refractivity contribution in [2.75, 3.05) is 27.4 Å². The van der Waals surface area contributed by atoms with E-state index in [2.05, 4.69) is 10.6 Å². The maximum Gasteiger partial charge on any atom is 0.355 e. The standard InChI is InChI=1S/C23H26N2O6/c1-16(26)25-19(13-17-7-5-4-6-8-17)23(28)31-15-22(27)24-12-11-18-9-10-20(29-2)21(14-18)30-3/h4-10,13-14H,11-12,15H2,1-3H3,(H,24,27)(H,25,26)/b19-13-. The molecule has 0 aliphatic heterocycles. The molecule has 0 unspecified atom stereocenters. The third kappa shape index (κ3) is 7.85. The molecule has 31 heavy (non-hydrogen) atoms. The second kappa shape index (κ2) is 12.0. The van der Waals surface area contributed by atoms with Crippen LogP contribution in [0.25, 0.3) is 6.08 Å². The lowest BCUT2D eigenvalue weighted by atomic mass is 10.1. The fourth-order valence-electron chi connectivity index (χ4n) is 2.69. The number of hydrogen-bond acceptors (Lipinski definition) is 6. The number of ether oxygens (including phenoxy) is 3. The van der Waals surface area contributed by atoms with Gasteiger partial charge in [-0.1, -0.05) is 36.4 Å². The maximum absolute atomic E-state index is 12.3. The van der Waals surface area contributed by atoms with Gasteiger partial charge in [-0.05, 0) is 35.8 Å². The van der Waals surface area contributed by atoms with Gasteiger partial charge in [0, 0.05) is 13.5 Å². The lowest BCUT2D eigenvalue weighted by Crippen LogP contribution is -2.32. The molecule has 0 spiro atoms. The highest BCUT2D eigenvalue weighted by Crippen LogP contribution is 2.27. The molecule has 0 saturated heterocycles. The Bertz CT molecular complexity index is 940. The molecule has 2 aromatic carbocycles. The molecule has 0 aliphatic rings. The fraction of sp³-hybridized carbons (Fsp3) is 0.261. The number of methoxy groups -OCH3 is 2. The first-order valence-corrected chi connectivity index (χ1v) is 9.62. The Morgan fingerprint density at radius 1 is 0.968 bits per heavy atom. The predicted octanol–water partition coefficient (Wildman–Crippen LogP) is 2.08. The smallest absolute Gasteiger partial charge is 0.355 e. The molecule has 0 aliphatic carbocycles. The van der Waals surface area contributed by atoms with Crippen LogP contribution in [0.3, 0.4) is 0 Å². The summed E-state index contributed by atoms with van der Waals surface area (Å²) in [6, 6.07) is 14.5. The summed E-state index contributed by atoms with van der Waals surface area (Å²) >= 11 is 0. The molecule has 8 nitrogen and oxygen atoms in total. The minimum absolute atomic E-state index is 0.0446. The summed E-state index contributed by atoms with van der Waals surface area (Å²) < 4.78 is 15.5. The molecule has 164 valence electrons. The van der Waals surface area contributed by atoms with Crippen LogP contribution in [0.5, 0.6) is 11.5 Å². The summed E-state index contributed by atoms with van der Waals surface area (Å²) in [5, 5.41) is 5.12. The number of nitrogens with one attached hydrogen (secondary N) is 2. The van der Waals surface area contributed by atoms with E-state index < -0.39 is 24.4 Å². The number of carbonyl (C=O) groups is 3.